The zero-order chi connectivity index (χ0) is 13.0. The molecule has 0 bridgehead atoms. The third kappa shape index (κ3) is 3.17. The SMILES string of the molecule is CCCNCc1cc(C)nc(-n2cc(C)cn2)c1. The van der Waals surface area contributed by atoms with Gasteiger partial charge in [0.15, 0.2) is 5.82 Å². The summed E-state index contributed by atoms with van der Waals surface area (Å²) in [5.41, 5.74) is 3.41. The van der Waals surface area contributed by atoms with Crippen LogP contribution < -0.4 is 5.32 Å². The predicted octanol–water partition coefficient (Wildman–Crippen LogP) is 2.38. The Labute approximate surface area is 108 Å². The van der Waals surface area contributed by atoms with E-state index in [-0.39, 0.29) is 0 Å². The summed E-state index contributed by atoms with van der Waals surface area (Å²) in [4.78, 5) is 4.52. The van der Waals surface area contributed by atoms with E-state index in [0.717, 1.165) is 36.6 Å². The highest BCUT2D eigenvalue weighted by atomic mass is 15.3. The van der Waals surface area contributed by atoms with Crippen molar-refractivity contribution >= 4 is 0 Å². The van der Waals surface area contributed by atoms with Crippen LogP contribution in [0.4, 0.5) is 0 Å². The molecule has 2 rings (SSSR count). The van der Waals surface area contributed by atoms with Crippen molar-refractivity contribution in [1.82, 2.24) is 20.1 Å². The molecule has 4 nitrogen and oxygen atoms in total. The second-order valence-electron chi connectivity index (χ2n) is 4.61. The highest BCUT2D eigenvalue weighted by molar-refractivity contribution is 5.30. The fraction of sp³-hybridized carbons (Fsp3) is 0.429. The largest absolute Gasteiger partial charge is 0.313 e. The van der Waals surface area contributed by atoms with Gasteiger partial charge in [-0.15, -0.1) is 0 Å². The van der Waals surface area contributed by atoms with Gasteiger partial charge < -0.3 is 5.32 Å². The summed E-state index contributed by atoms with van der Waals surface area (Å²) in [6.07, 6.45) is 4.99. The monoisotopic (exact) mass is 244 g/mol. The van der Waals surface area contributed by atoms with Gasteiger partial charge in [0, 0.05) is 18.4 Å². The van der Waals surface area contributed by atoms with Crippen LogP contribution in [0.15, 0.2) is 24.5 Å². The van der Waals surface area contributed by atoms with Gasteiger partial charge in [-0.2, -0.15) is 5.10 Å². The van der Waals surface area contributed by atoms with E-state index >= 15 is 0 Å². The molecule has 0 aliphatic heterocycles. The van der Waals surface area contributed by atoms with Crippen LogP contribution in [0, 0.1) is 13.8 Å². The molecule has 0 amide bonds. The van der Waals surface area contributed by atoms with Gasteiger partial charge in [-0.3, -0.25) is 0 Å². The van der Waals surface area contributed by atoms with Crippen molar-refractivity contribution in [3.05, 3.63) is 41.3 Å². The van der Waals surface area contributed by atoms with E-state index in [1.807, 2.05) is 30.9 Å². The van der Waals surface area contributed by atoms with Gasteiger partial charge in [-0.1, -0.05) is 6.92 Å². The van der Waals surface area contributed by atoms with E-state index in [9.17, 15) is 0 Å². The van der Waals surface area contributed by atoms with Gasteiger partial charge in [-0.05, 0) is 50.1 Å². The van der Waals surface area contributed by atoms with Gasteiger partial charge in [0.05, 0.1) is 6.20 Å². The molecule has 1 N–H and O–H groups in total. The minimum atomic E-state index is 0.879. The molecule has 0 fully saturated rings. The normalized spacial score (nSPS) is 10.8. The summed E-state index contributed by atoms with van der Waals surface area (Å²) in [5.74, 6) is 0.886. The second kappa shape index (κ2) is 5.78. The fourth-order valence-corrected chi connectivity index (χ4v) is 1.89. The van der Waals surface area contributed by atoms with Crippen molar-refractivity contribution in [2.24, 2.45) is 0 Å². The molecule has 2 heterocycles. The maximum absolute atomic E-state index is 4.52. The Hall–Kier alpha value is -1.68. The van der Waals surface area contributed by atoms with E-state index in [1.165, 1.54) is 5.56 Å². The molecule has 0 saturated carbocycles. The second-order valence-corrected chi connectivity index (χ2v) is 4.61. The molecule has 18 heavy (non-hydrogen) atoms. The summed E-state index contributed by atoms with van der Waals surface area (Å²) >= 11 is 0. The van der Waals surface area contributed by atoms with Crippen molar-refractivity contribution in [3.8, 4) is 5.82 Å². The van der Waals surface area contributed by atoms with Gasteiger partial charge in [0.25, 0.3) is 0 Å². The number of hydrogen-bond donors (Lipinski definition) is 1. The predicted molar refractivity (Wildman–Crippen MR) is 72.8 cm³/mol. The first-order valence-electron chi connectivity index (χ1n) is 6.39. The summed E-state index contributed by atoms with van der Waals surface area (Å²) < 4.78 is 1.83. The number of nitrogens with zero attached hydrogens (tertiary/aromatic N) is 3. The van der Waals surface area contributed by atoms with Gasteiger partial charge in [-0.25, -0.2) is 9.67 Å². The highest BCUT2D eigenvalue weighted by Crippen LogP contribution is 2.10. The molecule has 2 aromatic rings. The number of rotatable bonds is 5. The smallest absolute Gasteiger partial charge is 0.153 e. The van der Waals surface area contributed by atoms with Crippen LogP contribution in [0.5, 0.6) is 0 Å². The zero-order valence-corrected chi connectivity index (χ0v) is 11.3. The molecule has 4 heteroatoms. The van der Waals surface area contributed by atoms with Crippen LogP contribution in [0.2, 0.25) is 0 Å². The van der Waals surface area contributed by atoms with E-state index in [4.69, 9.17) is 0 Å². The summed E-state index contributed by atoms with van der Waals surface area (Å²) in [6.45, 7) is 8.14. The molecule has 0 radical (unpaired) electrons. The van der Waals surface area contributed by atoms with Crippen LogP contribution >= 0.6 is 0 Å². The van der Waals surface area contributed by atoms with Crippen LogP contribution in [0.25, 0.3) is 5.82 Å². The van der Waals surface area contributed by atoms with E-state index in [1.54, 1.807) is 0 Å². The third-order valence-electron chi connectivity index (χ3n) is 2.70. The van der Waals surface area contributed by atoms with Crippen molar-refractivity contribution in [2.45, 2.75) is 33.7 Å². The van der Waals surface area contributed by atoms with Crippen molar-refractivity contribution in [3.63, 3.8) is 0 Å². The topological polar surface area (TPSA) is 42.7 Å². The lowest BCUT2D eigenvalue weighted by Crippen LogP contribution is -2.14. The van der Waals surface area contributed by atoms with Crippen LogP contribution in [-0.4, -0.2) is 21.3 Å². The standard InChI is InChI=1S/C14H20N4/c1-4-5-15-9-13-6-12(3)17-14(7-13)18-10-11(2)8-16-18/h6-8,10,15H,4-5,9H2,1-3H3. The van der Waals surface area contributed by atoms with Crippen LogP contribution in [0.3, 0.4) is 0 Å². The molecule has 0 atom stereocenters. The first-order chi connectivity index (χ1) is 8.69. The van der Waals surface area contributed by atoms with E-state index in [0.29, 0.717) is 0 Å². The Morgan fingerprint density at radius 1 is 1.28 bits per heavy atom. The third-order valence-corrected chi connectivity index (χ3v) is 2.70. The molecule has 0 saturated heterocycles. The number of aromatic nitrogens is 3. The Bertz CT molecular complexity index is 516. The number of nitrogens with one attached hydrogen (secondary N) is 1. The quantitative estimate of drug-likeness (QED) is 0.821. The summed E-state index contributed by atoms with van der Waals surface area (Å²) in [5, 5.41) is 7.70. The van der Waals surface area contributed by atoms with Crippen LogP contribution in [-0.2, 0) is 6.54 Å². The Balaban J connectivity index is 2.21. The summed E-state index contributed by atoms with van der Waals surface area (Å²) in [7, 11) is 0. The molecule has 96 valence electrons. The maximum atomic E-state index is 4.52. The Morgan fingerprint density at radius 2 is 2.11 bits per heavy atom. The molecular weight excluding hydrogens is 224 g/mol. The molecule has 2 aromatic heterocycles. The lowest BCUT2D eigenvalue weighted by molar-refractivity contribution is 0.673. The van der Waals surface area contributed by atoms with Crippen LogP contribution in [0.1, 0.15) is 30.2 Å². The Kier molecular flexibility index (Phi) is 4.10. The van der Waals surface area contributed by atoms with E-state index < -0.39 is 0 Å². The number of pyridine rings is 1. The molecule has 0 spiro atoms. The van der Waals surface area contributed by atoms with Gasteiger partial charge in [0.1, 0.15) is 0 Å². The average Bonchev–Trinajstić information content (AvgIpc) is 2.76. The maximum Gasteiger partial charge on any atom is 0.153 e. The molecular formula is C14H20N4. The lowest BCUT2D eigenvalue weighted by atomic mass is 10.2. The number of aryl methyl sites for hydroxylation is 2. The van der Waals surface area contributed by atoms with Crippen molar-refractivity contribution in [1.29, 1.82) is 0 Å². The first kappa shape index (κ1) is 12.8. The number of hydrogen-bond acceptors (Lipinski definition) is 3. The first-order valence-corrected chi connectivity index (χ1v) is 6.39. The van der Waals surface area contributed by atoms with Crippen molar-refractivity contribution < 1.29 is 0 Å². The molecule has 0 aliphatic carbocycles. The molecule has 0 unspecified atom stereocenters. The molecule has 0 aromatic carbocycles. The average molecular weight is 244 g/mol. The van der Waals surface area contributed by atoms with Gasteiger partial charge in [0.2, 0.25) is 0 Å². The molecule has 0 aliphatic rings. The lowest BCUT2D eigenvalue weighted by Gasteiger charge is -2.07. The fourth-order valence-electron chi connectivity index (χ4n) is 1.89. The minimum Gasteiger partial charge on any atom is -0.313 e. The highest BCUT2D eigenvalue weighted by Gasteiger charge is 2.03. The van der Waals surface area contributed by atoms with E-state index in [2.05, 4.69) is 34.5 Å². The minimum absolute atomic E-state index is 0.879. The van der Waals surface area contributed by atoms with Crippen molar-refractivity contribution in [2.75, 3.05) is 6.54 Å². The zero-order valence-electron chi connectivity index (χ0n) is 11.3. The summed E-state index contributed by atoms with van der Waals surface area (Å²) in [6, 6.07) is 4.20. The van der Waals surface area contributed by atoms with Gasteiger partial charge >= 0.3 is 0 Å². The Morgan fingerprint density at radius 3 is 2.78 bits per heavy atom.